The van der Waals surface area contributed by atoms with Gasteiger partial charge in [-0.3, -0.25) is 0 Å². The van der Waals surface area contributed by atoms with Crippen LogP contribution >= 0.6 is 11.8 Å². The Labute approximate surface area is 203 Å². The Morgan fingerprint density at radius 3 is 1.59 bits per heavy atom. The maximum absolute atomic E-state index is 11.1. The highest BCUT2D eigenvalue weighted by Gasteiger charge is 2.37. The summed E-state index contributed by atoms with van der Waals surface area (Å²) in [5.41, 5.74) is 1.94. The molecule has 3 heteroatoms. The number of phenolic OH excluding ortho intramolecular Hbond substituents is 1. The molecule has 0 saturated carbocycles. The number of hydrogen-bond acceptors (Lipinski definition) is 2. The Hall–Kier alpha value is -1.19. The van der Waals surface area contributed by atoms with Gasteiger partial charge in [-0.25, -0.2) is 0 Å². The molecule has 0 fully saturated rings. The predicted molar refractivity (Wildman–Crippen MR) is 147 cm³/mol. The van der Waals surface area contributed by atoms with Crippen LogP contribution in [0, 0.1) is 11.8 Å². The molecule has 0 atom stereocenters. The number of benzene rings is 2. The van der Waals surface area contributed by atoms with Crippen LogP contribution in [0.2, 0.25) is 12.1 Å². The van der Waals surface area contributed by atoms with Crippen molar-refractivity contribution >= 4 is 25.0 Å². The number of hydrogen-bond donors (Lipinski definition) is 1. The van der Waals surface area contributed by atoms with Gasteiger partial charge in [0.2, 0.25) is 0 Å². The molecule has 0 unspecified atom stereocenters. The lowest BCUT2D eigenvalue weighted by Crippen LogP contribution is -2.52. The standard InChI is InChI=1S/C29H46OSSi/c1-21(2)18-32(19-22(3)4,24-14-12-11-13-15-24)20-31-23-16-25(28(5,6)7)27(30)26(17-23)29(8,9)10/h11-17,21-22,30H,18-20H2,1-10H3. The van der Waals surface area contributed by atoms with E-state index in [4.69, 9.17) is 0 Å². The molecule has 32 heavy (non-hydrogen) atoms. The van der Waals surface area contributed by atoms with E-state index in [-0.39, 0.29) is 10.8 Å². The van der Waals surface area contributed by atoms with Crippen molar-refractivity contribution in [3.8, 4) is 5.75 Å². The molecule has 2 aromatic carbocycles. The summed E-state index contributed by atoms with van der Waals surface area (Å²) in [5.74, 6) is 1.86. The fourth-order valence-electron chi connectivity index (χ4n) is 4.93. The van der Waals surface area contributed by atoms with E-state index >= 15 is 0 Å². The Morgan fingerprint density at radius 2 is 1.22 bits per heavy atom. The second kappa shape index (κ2) is 10.4. The molecule has 0 radical (unpaired) electrons. The lowest BCUT2D eigenvalue weighted by atomic mass is 9.79. The first-order chi connectivity index (χ1) is 14.7. The topological polar surface area (TPSA) is 20.2 Å². The third-order valence-electron chi connectivity index (χ3n) is 6.20. The van der Waals surface area contributed by atoms with Gasteiger partial charge in [0.15, 0.2) is 0 Å². The third kappa shape index (κ3) is 6.90. The predicted octanol–water partition coefficient (Wildman–Crippen LogP) is 8.29. The van der Waals surface area contributed by atoms with E-state index in [1.807, 2.05) is 11.8 Å². The molecule has 2 aromatic rings. The van der Waals surface area contributed by atoms with Crippen LogP contribution in [0.1, 0.15) is 80.4 Å². The highest BCUT2D eigenvalue weighted by Crippen LogP contribution is 2.42. The minimum atomic E-state index is -1.72. The summed E-state index contributed by atoms with van der Waals surface area (Å²) >= 11 is 2.03. The van der Waals surface area contributed by atoms with Crippen molar-refractivity contribution in [1.29, 1.82) is 0 Å². The third-order valence-corrected chi connectivity index (χ3v) is 14.3. The molecular formula is C29H46OSSi. The zero-order valence-corrected chi connectivity index (χ0v) is 24.0. The fourth-order valence-corrected chi connectivity index (χ4v) is 13.4. The van der Waals surface area contributed by atoms with Crippen molar-refractivity contribution in [2.75, 3.05) is 5.38 Å². The van der Waals surface area contributed by atoms with Crippen LogP contribution in [0.25, 0.3) is 0 Å². The zero-order chi connectivity index (χ0) is 24.3. The van der Waals surface area contributed by atoms with E-state index in [1.54, 1.807) is 5.19 Å². The van der Waals surface area contributed by atoms with Crippen molar-refractivity contribution in [2.24, 2.45) is 11.8 Å². The normalized spacial score (nSPS) is 13.2. The lowest BCUT2D eigenvalue weighted by molar-refractivity contribution is 0.422. The van der Waals surface area contributed by atoms with Gasteiger partial charge < -0.3 is 5.11 Å². The summed E-state index contributed by atoms with van der Waals surface area (Å²) in [6.07, 6.45) is 0. The summed E-state index contributed by atoms with van der Waals surface area (Å²) in [6.45, 7) is 22.7. The summed E-state index contributed by atoms with van der Waals surface area (Å²) < 4.78 is 0. The molecule has 0 aliphatic rings. The van der Waals surface area contributed by atoms with E-state index in [0.29, 0.717) is 17.6 Å². The van der Waals surface area contributed by atoms with Crippen LogP contribution in [-0.2, 0) is 10.8 Å². The van der Waals surface area contributed by atoms with Crippen LogP contribution in [0.4, 0.5) is 0 Å². The number of aromatic hydroxyl groups is 1. The van der Waals surface area contributed by atoms with E-state index in [1.165, 1.54) is 22.4 Å². The summed E-state index contributed by atoms with van der Waals surface area (Å²) in [4.78, 5) is 1.30. The average molecular weight is 471 g/mol. The van der Waals surface area contributed by atoms with Crippen LogP contribution < -0.4 is 5.19 Å². The van der Waals surface area contributed by atoms with E-state index in [0.717, 1.165) is 11.1 Å². The highest BCUT2D eigenvalue weighted by molar-refractivity contribution is 8.01. The first-order valence-electron chi connectivity index (χ1n) is 12.2. The van der Waals surface area contributed by atoms with Gasteiger partial charge in [0.25, 0.3) is 0 Å². The lowest BCUT2D eigenvalue weighted by Gasteiger charge is -2.36. The second-order valence-electron chi connectivity index (χ2n) is 12.5. The van der Waals surface area contributed by atoms with Gasteiger partial charge in [-0.15, -0.1) is 11.8 Å². The summed E-state index contributed by atoms with van der Waals surface area (Å²) in [7, 11) is -1.72. The molecular weight excluding hydrogens is 424 g/mol. The Bertz CT molecular complexity index is 827. The molecule has 0 bridgehead atoms. The molecule has 0 heterocycles. The van der Waals surface area contributed by atoms with Gasteiger partial charge in [0, 0.05) is 16.0 Å². The van der Waals surface area contributed by atoms with Crippen LogP contribution in [0.15, 0.2) is 47.4 Å². The molecule has 0 amide bonds. The van der Waals surface area contributed by atoms with Gasteiger partial charge in [0.05, 0.1) is 8.07 Å². The van der Waals surface area contributed by atoms with Crippen LogP contribution in [0.5, 0.6) is 5.75 Å². The van der Waals surface area contributed by atoms with E-state index in [9.17, 15) is 5.11 Å². The molecule has 1 nitrogen and oxygen atoms in total. The van der Waals surface area contributed by atoms with E-state index in [2.05, 4.69) is 112 Å². The number of rotatable bonds is 8. The van der Waals surface area contributed by atoms with Crippen molar-refractivity contribution in [3.05, 3.63) is 53.6 Å². The van der Waals surface area contributed by atoms with Crippen molar-refractivity contribution in [1.82, 2.24) is 0 Å². The van der Waals surface area contributed by atoms with Crippen molar-refractivity contribution in [3.63, 3.8) is 0 Å². The Morgan fingerprint density at radius 1 is 0.781 bits per heavy atom. The zero-order valence-electron chi connectivity index (χ0n) is 22.2. The second-order valence-corrected chi connectivity index (χ2v) is 18.4. The quantitative estimate of drug-likeness (QED) is 0.309. The minimum Gasteiger partial charge on any atom is -0.507 e. The first-order valence-corrected chi connectivity index (χ1v) is 15.8. The van der Waals surface area contributed by atoms with Gasteiger partial charge >= 0.3 is 0 Å². The van der Waals surface area contributed by atoms with Crippen molar-refractivity contribution < 1.29 is 5.11 Å². The molecule has 1 N–H and O–H groups in total. The SMILES string of the molecule is CC(C)C[Si](CSc1cc(C(C)(C)C)c(O)c(C(C)(C)C)c1)(CC(C)C)c1ccccc1. The minimum absolute atomic E-state index is 0.0928. The molecule has 0 spiro atoms. The molecule has 0 aromatic heterocycles. The van der Waals surface area contributed by atoms with Crippen LogP contribution in [-0.4, -0.2) is 18.6 Å². The highest BCUT2D eigenvalue weighted by atomic mass is 32.2. The molecule has 0 saturated heterocycles. The molecule has 178 valence electrons. The van der Waals surface area contributed by atoms with Gasteiger partial charge in [-0.1, -0.05) is 117 Å². The number of thioether (sulfide) groups is 1. The number of phenols is 1. The average Bonchev–Trinajstić information content (AvgIpc) is 2.65. The van der Waals surface area contributed by atoms with Gasteiger partial charge in [-0.2, -0.15) is 0 Å². The molecule has 0 aliphatic carbocycles. The largest absolute Gasteiger partial charge is 0.507 e. The van der Waals surface area contributed by atoms with Gasteiger partial charge in [-0.05, 0) is 40.2 Å². The van der Waals surface area contributed by atoms with Crippen molar-refractivity contribution in [2.45, 2.75) is 97.1 Å². The smallest absolute Gasteiger partial charge is 0.123 e. The molecule has 0 aliphatic heterocycles. The van der Waals surface area contributed by atoms with Gasteiger partial charge in [0.1, 0.15) is 5.75 Å². The maximum atomic E-state index is 11.1. The fraction of sp³-hybridized carbons (Fsp3) is 0.586. The maximum Gasteiger partial charge on any atom is 0.123 e. The monoisotopic (exact) mass is 470 g/mol. The first kappa shape index (κ1) is 27.1. The molecule has 2 rings (SSSR count). The Kier molecular flexibility index (Phi) is 8.78. The Balaban J connectivity index is 2.55. The van der Waals surface area contributed by atoms with Crippen LogP contribution in [0.3, 0.4) is 0 Å². The summed E-state index contributed by atoms with van der Waals surface area (Å²) in [6, 6.07) is 18.5. The van der Waals surface area contributed by atoms with E-state index < -0.39 is 8.07 Å². The summed E-state index contributed by atoms with van der Waals surface area (Å²) in [5, 5.41) is 13.9.